The fourth-order valence-corrected chi connectivity index (χ4v) is 4.33. The summed E-state index contributed by atoms with van der Waals surface area (Å²) in [4.78, 5) is 35.6. The lowest BCUT2D eigenvalue weighted by atomic mass is 9.98. The third-order valence-corrected chi connectivity index (χ3v) is 6.07. The van der Waals surface area contributed by atoms with Crippen molar-refractivity contribution < 1.29 is 24.2 Å². The van der Waals surface area contributed by atoms with Gasteiger partial charge < -0.3 is 20.5 Å². The van der Waals surface area contributed by atoms with Crippen molar-refractivity contribution in [2.75, 3.05) is 25.2 Å². The van der Waals surface area contributed by atoms with Crippen LogP contribution in [0, 0.1) is 0 Å². The van der Waals surface area contributed by atoms with Crippen LogP contribution in [0.3, 0.4) is 0 Å². The molecule has 1 atom stereocenters. The maximum Gasteiger partial charge on any atom is 0.407 e. The number of carbonyl (C=O) groups is 3. The maximum atomic E-state index is 12.5. The number of aliphatic carboxylic acids is 1. The number of carbonyl (C=O) groups excluding carboxylic acids is 2. The number of amides is 2. The van der Waals surface area contributed by atoms with Gasteiger partial charge in [0.25, 0.3) is 0 Å². The van der Waals surface area contributed by atoms with E-state index in [2.05, 4.69) is 22.8 Å². The standard InChI is InChI=1S/C24H28N2O5S/c1-32-14-12-21(23(29)25-13-6-11-22(27)28)26-24(30)31-15-20-18-9-4-2-7-16(18)17-8-3-5-10-19(17)20/h2-5,7-10,20-21H,6,11-15H2,1H3,(H,25,29)(H,26,30)(H,27,28). The highest BCUT2D eigenvalue weighted by molar-refractivity contribution is 7.98. The molecule has 0 saturated carbocycles. The summed E-state index contributed by atoms with van der Waals surface area (Å²) in [6.45, 7) is 0.419. The molecule has 8 heteroatoms. The molecule has 0 fully saturated rings. The van der Waals surface area contributed by atoms with Crippen LogP contribution < -0.4 is 10.6 Å². The van der Waals surface area contributed by atoms with Gasteiger partial charge in [-0.1, -0.05) is 48.5 Å². The third-order valence-electron chi connectivity index (χ3n) is 5.43. The number of ether oxygens (including phenoxy) is 1. The number of carboxylic acids is 1. The number of fused-ring (bicyclic) bond motifs is 3. The zero-order valence-corrected chi connectivity index (χ0v) is 18.8. The summed E-state index contributed by atoms with van der Waals surface area (Å²) < 4.78 is 5.54. The van der Waals surface area contributed by atoms with Crippen molar-refractivity contribution in [2.45, 2.75) is 31.2 Å². The number of benzene rings is 2. The number of nitrogens with one attached hydrogen (secondary N) is 2. The Morgan fingerprint density at radius 3 is 2.28 bits per heavy atom. The zero-order valence-electron chi connectivity index (χ0n) is 18.0. The second kappa shape index (κ2) is 11.6. The fraction of sp³-hybridized carbons (Fsp3) is 0.375. The lowest BCUT2D eigenvalue weighted by Crippen LogP contribution is -2.47. The van der Waals surface area contributed by atoms with Gasteiger partial charge in [0, 0.05) is 18.9 Å². The molecule has 0 saturated heterocycles. The first-order valence-corrected chi connectivity index (χ1v) is 12.0. The Bertz CT molecular complexity index is 919. The first-order valence-electron chi connectivity index (χ1n) is 10.6. The van der Waals surface area contributed by atoms with Crippen LogP contribution in [0.2, 0.25) is 0 Å². The maximum absolute atomic E-state index is 12.5. The molecule has 0 radical (unpaired) electrons. The molecular formula is C24H28N2O5S. The average Bonchev–Trinajstić information content (AvgIpc) is 3.11. The number of hydrogen-bond donors (Lipinski definition) is 3. The van der Waals surface area contributed by atoms with Gasteiger partial charge in [-0.2, -0.15) is 11.8 Å². The van der Waals surface area contributed by atoms with Gasteiger partial charge in [-0.25, -0.2) is 4.79 Å². The van der Waals surface area contributed by atoms with Crippen LogP contribution in [0.1, 0.15) is 36.3 Å². The van der Waals surface area contributed by atoms with Crippen molar-refractivity contribution >= 4 is 29.7 Å². The van der Waals surface area contributed by atoms with E-state index < -0.39 is 18.1 Å². The number of carboxylic acid groups (broad SMARTS) is 1. The van der Waals surface area contributed by atoms with Gasteiger partial charge in [-0.05, 0) is 47.1 Å². The van der Waals surface area contributed by atoms with E-state index >= 15 is 0 Å². The Labute approximate surface area is 191 Å². The fourth-order valence-electron chi connectivity index (χ4n) is 3.86. The van der Waals surface area contributed by atoms with Gasteiger partial charge in [0.05, 0.1) is 0 Å². The Morgan fingerprint density at radius 1 is 1.06 bits per heavy atom. The predicted octanol–water partition coefficient (Wildman–Crippen LogP) is 3.63. The van der Waals surface area contributed by atoms with Crippen molar-refractivity contribution in [3.8, 4) is 11.1 Å². The number of thioether (sulfide) groups is 1. The molecule has 1 aliphatic rings. The number of hydrogen-bond acceptors (Lipinski definition) is 5. The van der Waals surface area contributed by atoms with Crippen molar-refractivity contribution in [1.29, 1.82) is 0 Å². The normalized spacial score (nSPS) is 13.0. The molecule has 170 valence electrons. The van der Waals surface area contributed by atoms with E-state index in [0.29, 0.717) is 18.6 Å². The zero-order chi connectivity index (χ0) is 22.9. The third kappa shape index (κ3) is 6.03. The summed E-state index contributed by atoms with van der Waals surface area (Å²) >= 11 is 1.58. The highest BCUT2D eigenvalue weighted by Gasteiger charge is 2.29. The molecule has 3 rings (SSSR count). The smallest absolute Gasteiger partial charge is 0.407 e. The van der Waals surface area contributed by atoms with Crippen LogP contribution in [0.5, 0.6) is 0 Å². The van der Waals surface area contributed by atoms with Crippen LogP contribution in [0.15, 0.2) is 48.5 Å². The van der Waals surface area contributed by atoms with E-state index in [-0.39, 0.29) is 31.4 Å². The first kappa shape index (κ1) is 23.7. The minimum atomic E-state index is -0.907. The van der Waals surface area contributed by atoms with E-state index in [1.807, 2.05) is 42.7 Å². The Hall–Kier alpha value is -3.00. The van der Waals surface area contributed by atoms with Gasteiger partial charge in [-0.15, -0.1) is 0 Å². The van der Waals surface area contributed by atoms with Crippen LogP contribution >= 0.6 is 11.8 Å². The van der Waals surface area contributed by atoms with Crippen molar-refractivity contribution in [1.82, 2.24) is 10.6 Å². The van der Waals surface area contributed by atoms with E-state index in [1.54, 1.807) is 11.8 Å². The molecule has 0 aromatic heterocycles. The number of rotatable bonds is 11. The average molecular weight is 457 g/mol. The van der Waals surface area contributed by atoms with Gasteiger partial charge in [-0.3, -0.25) is 9.59 Å². The second-order valence-electron chi connectivity index (χ2n) is 7.59. The Balaban J connectivity index is 1.58. The summed E-state index contributed by atoms with van der Waals surface area (Å²) in [5, 5.41) is 14.1. The molecule has 2 amide bonds. The summed E-state index contributed by atoms with van der Waals surface area (Å²) in [5.74, 6) is -0.604. The second-order valence-corrected chi connectivity index (χ2v) is 8.58. The van der Waals surface area contributed by atoms with E-state index in [4.69, 9.17) is 9.84 Å². The molecule has 0 bridgehead atoms. The lowest BCUT2D eigenvalue weighted by Gasteiger charge is -2.19. The first-order chi connectivity index (χ1) is 15.5. The molecule has 0 aliphatic heterocycles. The molecule has 0 spiro atoms. The molecule has 3 N–H and O–H groups in total. The van der Waals surface area contributed by atoms with E-state index in [9.17, 15) is 14.4 Å². The topological polar surface area (TPSA) is 105 Å². The van der Waals surface area contributed by atoms with Gasteiger partial charge in [0.15, 0.2) is 0 Å². The van der Waals surface area contributed by atoms with E-state index in [1.165, 1.54) is 0 Å². The lowest BCUT2D eigenvalue weighted by molar-refractivity contribution is -0.137. The Morgan fingerprint density at radius 2 is 1.69 bits per heavy atom. The van der Waals surface area contributed by atoms with Crippen molar-refractivity contribution in [2.24, 2.45) is 0 Å². The molecule has 32 heavy (non-hydrogen) atoms. The van der Waals surface area contributed by atoms with Gasteiger partial charge >= 0.3 is 12.1 Å². The molecule has 1 unspecified atom stereocenters. The van der Waals surface area contributed by atoms with Crippen LogP contribution in [-0.4, -0.2) is 54.3 Å². The van der Waals surface area contributed by atoms with Crippen LogP contribution in [0.25, 0.3) is 11.1 Å². The van der Waals surface area contributed by atoms with Crippen LogP contribution in [0.4, 0.5) is 4.79 Å². The summed E-state index contributed by atoms with van der Waals surface area (Å²) in [6.07, 6.45) is 2.06. The molecule has 0 heterocycles. The predicted molar refractivity (Wildman–Crippen MR) is 125 cm³/mol. The molecule has 2 aromatic carbocycles. The van der Waals surface area contributed by atoms with Crippen molar-refractivity contribution in [3.63, 3.8) is 0 Å². The van der Waals surface area contributed by atoms with Gasteiger partial charge in [0.2, 0.25) is 5.91 Å². The van der Waals surface area contributed by atoms with Crippen LogP contribution in [-0.2, 0) is 14.3 Å². The molecule has 2 aromatic rings. The SMILES string of the molecule is CSCCC(NC(=O)OCC1c2ccccc2-c2ccccc21)C(=O)NCCCC(=O)O. The quantitative estimate of drug-likeness (QED) is 0.446. The summed E-state index contributed by atoms with van der Waals surface area (Å²) in [6, 6.07) is 15.5. The largest absolute Gasteiger partial charge is 0.481 e. The Kier molecular flexibility index (Phi) is 8.56. The molecule has 1 aliphatic carbocycles. The van der Waals surface area contributed by atoms with Gasteiger partial charge in [0.1, 0.15) is 12.6 Å². The highest BCUT2D eigenvalue weighted by atomic mass is 32.2. The minimum absolute atomic E-state index is 0.0183. The highest BCUT2D eigenvalue weighted by Crippen LogP contribution is 2.44. The monoisotopic (exact) mass is 456 g/mol. The molecular weight excluding hydrogens is 428 g/mol. The number of alkyl carbamates (subject to hydrolysis) is 1. The minimum Gasteiger partial charge on any atom is -0.481 e. The molecule has 7 nitrogen and oxygen atoms in total. The van der Waals surface area contributed by atoms with E-state index in [0.717, 1.165) is 22.3 Å². The summed E-state index contributed by atoms with van der Waals surface area (Å²) in [5.41, 5.74) is 4.54. The van der Waals surface area contributed by atoms with Crippen molar-refractivity contribution in [3.05, 3.63) is 59.7 Å². The summed E-state index contributed by atoms with van der Waals surface area (Å²) in [7, 11) is 0.